The summed E-state index contributed by atoms with van der Waals surface area (Å²) in [5.74, 6) is 1.61. The van der Waals surface area contributed by atoms with Crippen LogP contribution in [0.25, 0.3) is 0 Å². The van der Waals surface area contributed by atoms with Gasteiger partial charge in [0.1, 0.15) is 5.78 Å². The number of allylic oxidation sites excluding steroid dienone is 1. The average molecular weight is 375 g/mol. The summed E-state index contributed by atoms with van der Waals surface area (Å²) >= 11 is 3.11. The van der Waals surface area contributed by atoms with Gasteiger partial charge in [-0.25, -0.2) is 0 Å². The predicted octanol–water partition coefficient (Wildman–Crippen LogP) is 3.77. The molecule has 2 N–H and O–H groups in total. The second-order valence-electron chi connectivity index (χ2n) is 6.21. The Bertz CT molecular complexity index is 412. The maximum absolute atomic E-state index is 12.0. The van der Waals surface area contributed by atoms with Crippen LogP contribution in [0, 0.1) is 5.92 Å². The molecule has 1 aliphatic rings. The lowest BCUT2D eigenvalue weighted by Gasteiger charge is -2.15. The fourth-order valence-electron chi connectivity index (χ4n) is 2.76. The summed E-state index contributed by atoms with van der Waals surface area (Å²) in [6, 6.07) is 0. The van der Waals surface area contributed by atoms with Crippen LogP contribution >= 0.6 is 23.5 Å². The molecular formula is C18H30O4S2. The van der Waals surface area contributed by atoms with E-state index >= 15 is 0 Å². The number of carboxylic acid groups (broad SMARTS) is 1. The lowest BCUT2D eigenvalue weighted by Crippen LogP contribution is -2.17. The molecule has 0 aromatic rings. The van der Waals surface area contributed by atoms with Crippen molar-refractivity contribution >= 4 is 35.3 Å². The van der Waals surface area contributed by atoms with Gasteiger partial charge in [-0.1, -0.05) is 38.3 Å². The molecule has 6 heteroatoms. The molecule has 3 unspecified atom stereocenters. The number of aliphatic carboxylic acids is 1. The summed E-state index contributed by atoms with van der Waals surface area (Å²) in [6.45, 7) is 2.15. The summed E-state index contributed by atoms with van der Waals surface area (Å²) in [5, 5.41) is 18.6. The first-order valence-electron chi connectivity index (χ1n) is 8.84. The molecule has 1 fully saturated rings. The van der Waals surface area contributed by atoms with Gasteiger partial charge in [0.2, 0.25) is 0 Å². The lowest BCUT2D eigenvalue weighted by atomic mass is 10.0. The van der Waals surface area contributed by atoms with Gasteiger partial charge in [0.05, 0.1) is 17.1 Å². The minimum atomic E-state index is -0.777. The second-order valence-corrected chi connectivity index (χ2v) is 8.56. The van der Waals surface area contributed by atoms with E-state index in [9.17, 15) is 14.7 Å². The Hall–Kier alpha value is -0.460. The molecule has 24 heavy (non-hydrogen) atoms. The Morgan fingerprint density at radius 2 is 2.12 bits per heavy atom. The number of carbonyl (C=O) groups excluding carboxylic acids is 1. The number of aliphatic hydroxyl groups is 1. The van der Waals surface area contributed by atoms with Gasteiger partial charge in [-0.05, 0) is 36.7 Å². The Morgan fingerprint density at radius 1 is 1.33 bits per heavy atom. The summed E-state index contributed by atoms with van der Waals surface area (Å²) < 4.78 is 0. The minimum absolute atomic E-state index is 0.00793. The van der Waals surface area contributed by atoms with Gasteiger partial charge in [0.15, 0.2) is 0 Å². The van der Waals surface area contributed by atoms with Gasteiger partial charge in [-0.15, -0.1) is 11.8 Å². The number of hydrogen-bond donors (Lipinski definition) is 2. The molecule has 0 aromatic heterocycles. The van der Waals surface area contributed by atoms with E-state index in [2.05, 4.69) is 6.92 Å². The Kier molecular flexibility index (Phi) is 11.5. The fraction of sp³-hybridized carbons (Fsp3) is 0.778. The van der Waals surface area contributed by atoms with Gasteiger partial charge >= 0.3 is 5.97 Å². The quantitative estimate of drug-likeness (QED) is 0.377. The van der Waals surface area contributed by atoms with Crippen molar-refractivity contribution < 1.29 is 19.8 Å². The van der Waals surface area contributed by atoms with Crippen LogP contribution in [0.4, 0.5) is 0 Å². The van der Waals surface area contributed by atoms with Gasteiger partial charge in [-0.3, -0.25) is 9.59 Å². The third-order valence-corrected chi connectivity index (χ3v) is 6.59. The molecule has 0 saturated heterocycles. The van der Waals surface area contributed by atoms with E-state index < -0.39 is 12.1 Å². The van der Waals surface area contributed by atoms with E-state index in [1.54, 1.807) is 11.8 Å². The van der Waals surface area contributed by atoms with E-state index in [-0.39, 0.29) is 16.9 Å². The van der Waals surface area contributed by atoms with Crippen molar-refractivity contribution in [2.75, 3.05) is 17.3 Å². The molecule has 1 rings (SSSR count). The predicted molar refractivity (Wildman–Crippen MR) is 103 cm³/mol. The topological polar surface area (TPSA) is 74.6 Å². The normalized spacial score (nSPS) is 22.3. The summed E-state index contributed by atoms with van der Waals surface area (Å²) in [7, 11) is 0. The number of carboxylic acids is 1. The standard InChI is InChI=1S/C18H30O4S2/c1-2-3-4-6-15(19)9-7-14-8-10-16(20)18(14)24-12-5-11-23-13-17(21)22/h7,9,14-15,18-19H,2-6,8,10-13H2,1H3,(H,21,22)/b9-7+. The largest absolute Gasteiger partial charge is 0.481 e. The average Bonchev–Trinajstić information content (AvgIpc) is 2.89. The summed E-state index contributed by atoms with van der Waals surface area (Å²) in [5.41, 5.74) is 0. The van der Waals surface area contributed by atoms with Crippen LogP contribution in [0.1, 0.15) is 51.9 Å². The fourth-order valence-corrected chi connectivity index (χ4v) is 4.95. The highest BCUT2D eigenvalue weighted by atomic mass is 32.2. The zero-order valence-electron chi connectivity index (χ0n) is 14.5. The molecule has 1 aliphatic carbocycles. The van der Waals surface area contributed by atoms with Gasteiger partial charge < -0.3 is 10.2 Å². The van der Waals surface area contributed by atoms with Crippen molar-refractivity contribution in [3.05, 3.63) is 12.2 Å². The number of ketones is 1. The van der Waals surface area contributed by atoms with Crippen LogP contribution in [0.3, 0.4) is 0 Å². The molecule has 4 nitrogen and oxygen atoms in total. The summed E-state index contributed by atoms with van der Waals surface area (Å²) in [4.78, 5) is 22.5. The number of hydrogen-bond acceptors (Lipinski definition) is 5. The highest BCUT2D eigenvalue weighted by Gasteiger charge is 2.33. The van der Waals surface area contributed by atoms with E-state index in [0.29, 0.717) is 12.2 Å². The van der Waals surface area contributed by atoms with Crippen LogP contribution in [-0.4, -0.2) is 50.6 Å². The monoisotopic (exact) mass is 374 g/mol. The maximum Gasteiger partial charge on any atom is 0.313 e. The Labute approximate surface area is 153 Å². The number of rotatable bonds is 13. The third-order valence-electron chi connectivity index (χ3n) is 4.07. The first-order chi connectivity index (χ1) is 11.5. The first-order valence-corrected chi connectivity index (χ1v) is 11.0. The zero-order chi connectivity index (χ0) is 17.8. The Balaban J connectivity index is 2.28. The van der Waals surface area contributed by atoms with E-state index in [0.717, 1.165) is 50.0 Å². The Morgan fingerprint density at radius 3 is 2.83 bits per heavy atom. The highest BCUT2D eigenvalue weighted by molar-refractivity contribution is 8.01. The third kappa shape index (κ3) is 9.14. The van der Waals surface area contributed by atoms with Crippen molar-refractivity contribution in [2.24, 2.45) is 5.92 Å². The molecule has 0 aromatic carbocycles. The van der Waals surface area contributed by atoms with Gasteiger partial charge in [-0.2, -0.15) is 11.8 Å². The minimum Gasteiger partial charge on any atom is -0.481 e. The summed E-state index contributed by atoms with van der Waals surface area (Å²) in [6.07, 6.45) is 10.1. The van der Waals surface area contributed by atoms with E-state index in [1.807, 2.05) is 12.2 Å². The van der Waals surface area contributed by atoms with Gasteiger partial charge in [0, 0.05) is 6.42 Å². The van der Waals surface area contributed by atoms with Crippen molar-refractivity contribution in [3.8, 4) is 0 Å². The molecule has 0 bridgehead atoms. The zero-order valence-corrected chi connectivity index (χ0v) is 16.1. The van der Waals surface area contributed by atoms with Crippen LogP contribution < -0.4 is 0 Å². The number of unbranched alkanes of at least 4 members (excludes halogenated alkanes) is 2. The van der Waals surface area contributed by atoms with Crippen LogP contribution in [0.2, 0.25) is 0 Å². The number of thioether (sulfide) groups is 2. The van der Waals surface area contributed by atoms with Crippen molar-refractivity contribution in [1.29, 1.82) is 0 Å². The van der Waals surface area contributed by atoms with Gasteiger partial charge in [0.25, 0.3) is 0 Å². The number of carbonyl (C=O) groups is 2. The SMILES string of the molecule is CCCCCC(O)/C=C/C1CCC(=O)C1SCCCSCC(=O)O. The molecule has 3 atom stereocenters. The smallest absolute Gasteiger partial charge is 0.313 e. The molecule has 138 valence electrons. The van der Waals surface area contributed by atoms with E-state index in [1.165, 1.54) is 11.8 Å². The molecule has 0 amide bonds. The second kappa shape index (κ2) is 12.8. The number of Topliss-reactive ketones (excluding diaryl/α,β-unsaturated/α-hetero) is 1. The molecule has 0 radical (unpaired) electrons. The first kappa shape index (κ1) is 21.6. The van der Waals surface area contributed by atoms with Crippen molar-refractivity contribution in [3.63, 3.8) is 0 Å². The van der Waals surface area contributed by atoms with Crippen LogP contribution in [0.15, 0.2) is 12.2 Å². The van der Waals surface area contributed by atoms with Crippen LogP contribution in [0.5, 0.6) is 0 Å². The lowest BCUT2D eigenvalue weighted by molar-refractivity contribution is -0.133. The van der Waals surface area contributed by atoms with Crippen molar-refractivity contribution in [1.82, 2.24) is 0 Å². The van der Waals surface area contributed by atoms with Crippen molar-refractivity contribution in [2.45, 2.75) is 63.2 Å². The molecule has 0 spiro atoms. The highest BCUT2D eigenvalue weighted by Crippen LogP contribution is 2.34. The molecule has 1 saturated carbocycles. The van der Waals surface area contributed by atoms with Crippen LogP contribution in [-0.2, 0) is 9.59 Å². The molecular weight excluding hydrogens is 344 g/mol. The maximum atomic E-state index is 12.0. The van der Waals surface area contributed by atoms with E-state index in [4.69, 9.17) is 5.11 Å². The molecule has 0 heterocycles. The number of aliphatic hydroxyl groups excluding tert-OH is 1. The molecule has 0 aliphatic heterocycles.